The number of amides is 1. The number of aliphatic hydroxyl groups is 1. The van der Waals surface area contributed by atoms with Crippen LogP contribution in [0, 0.1) is 0 Å². The Balaban J connectivity index is 1.38. The van der Waals surface area contributed by atoms with Gasteiger partial charge in [0, 0.05) is 41.8 Å². The molecule has 5 rings (SSSR count). The summed E-state index contributed by atoms with van der Waals surface area (Å²) in [7, 11) is 0. The maximum Gasteiger partial charge on any atom is 0.256 e. The predicted molar refractivity (Wildman–Crippen MR) is 128 cm³/mol. The first-order valence-corrected chi connectivity index (χ1v) is 11.3. The molecule has 0 saturated carbocycles. The minimum atomic E-state index is -0.928. The Labute approximate surface area is 192 Å². The van der Waals surface area contributed by atoms with E-state index in [1.807, 2.05) is 59.6 Å². The fraction of sp³-hybridized carbons (Fsp3) is 0.222. The van der Waals surface area contributed by atoms with E-state index in [9.17, 15) is 9.90 Å². The quantitative estimate of drug-likeness (QED) is 0.454. The molecule has 162 valence electrons. The average Bonchev–Trinajstić information content (AvgIpc) is 3.18. The van der Waals surface area contributed by atoms with Gasteiger partial charge in [0.1, 0.15) is 0 Å². The third-order valence-corrected chi connectivity index (χ3v) is 6.73. The molecular weight excluding hydrogens is 420 g/mol. The number of carbonyl (C=O) groups excluding carboxylic acids is 1. The van der Waals surface area contributed by atoms with Crippen LogP contribution in [0.15, 0.2) is 85.1 Å². The van der Waals surface area contributed by atoms with Gasteiger partial charge in [0.05, 0.1) is 11.2 Å². The number of benzene rings is 3. The van der Waals surface area contributed by atoms with E-state index in [4.69, 9.17) is 11.6 Å². The molecular formula is C27H25ClN2O2. The number of para-hydroxylation sites is 1. The zero-order valence-electron chi connectivity index (χ0n) is 17.7. The van der Waals surface area contributed by atoms with Gasteiger partial charge < -0.3 is 14.6 Å². The Hall–Kier alpha value is -3.08. The van der Waals surface area contributed by atoms with Crippen molar-refractivity contribution in [1.29, 1.82) is 0 Å². The zero-order valence-corrected chi connectivity index (χ0v) is 18.5. The highest BCUT2D eigenvalue weighted by molar-refractivity contribution is 6.30. The topological polar surface area (TPSA) is 45.5 Å². The van der Waals surface area contributed by atoms with Gasteiger partial charge in [0.2, 0.25) is 0 Å². The number of halogens is 1. The summed E-state index contributed by atoms with van der Waals surface area (Å²) in [5.41, 5.74) is 2.89. The summed E-state index contributed by atoms with van der Waals surface area (Å²) in [6.45, 7) is 1.73. The molecule has 0 atom stereocenters. The molecule has 0 aliphatic carbocycles. The van der Waals surface area contributed by atoms with Crippen molar-refractivity contribution in [3.8, 4) is 0 Å². The van der Waals surface area contributed by atoms with Crippen molar-refractivity contribution in [3.05, 3.63) is 107 Å². The van der Waals surface area contributed by atoms with Crippen LogP contribution in [0.3, 0.4) is 0 Å². The lowest BCUT2D eigenvalue weighted by Gasteiger charge is -2.38. The molecule has 0 spiro atoms. The van der Waals surface area contributed by atoms with Crippen LogP contribution in [-0.4, -0.2) is 33.6 Å². The maximum atomic E-state index is 13.5. The second kappa shape index (κ2) is 8.45. The molecule has 5 heteroatoms. The van der Waals surface area contributed by atoms with Crippen molar-refractivity contribution >= 4 is 28.4 Å². The molecule has 4 nitrogen and oxygen atoms in total. The normalized spacial score (nSPS) is 15.8. The highest BCUT2D eigenvalue weighted by Gasteiger charge is 2.36. The molecule has 4 aromatic rings. The first-order valence-electron chi connectivity index (χ1n) is 10.9. The first kappa shape index (κ1) is 20.8. The van der Waals surface area contributed by atoms with Crippen molar-refractivity contribution in [2.75, 3.05) is 13.1 Å². The van der Waals surface area contributed by atoms with Crippen LogP contribution in [0.2, 0.25) is 5.02 Å². The van der Waals surface area contributed by atoms with Gasteiger partial charge in [-0.05, 0) is 42.2 Å². The molecule has 1 N–H and O–H groups in total. The van der Waals surface area contributed by atoms with Crippen LogP contribution in [0.1, 0.15) is 34.3 Å². The number of likely N-dealkylation sites (tertiary alicyclic amines) is 1. The molecule has 1 aromatic heterocycles. The molecule has 0 unspecified atom stereocenters. The van der Waals surface area contributed by atoms with E-state index in [-0.39, 0.29) is 5.91 Å². The SMILES string of the molecule is O=C(c1cn(Cc2ccccc2)c2ccccc12)N1CCC(O)(c2ccc(Cl)cc2)CC1. The van der Waals surface area contributed by atoms with Crippen molar-refractivity contribution in [2.45, 2.75) is 25.0 Å². The second-order valence-corrected chi connectivity index (χ2v) is 8.94. The summed E-state index contributed by atoms with van der Waals surface area (Å²) >= 11 is 5.99. The maximum absolute atomic E-state index is 13.5. The number of carbonyl (C=O) groups is 1. The van der Waals surface area contributed by atoms with Crippen LogP contribution in [-0.2, 0) is 12.1 Å². The molecule has 1 aliphatic rings. The summed E-state index contributed by atoms with van der Waals surface area (Å²) in [5.74, 6) is 0.0196. The van der Waals surface area contributed by atoms with Gasteiger partial charge in [0.25, 0.3) is 5.91 Å². The molecule has 1 saturated heterocycles. The first-order chi connectivity index (χ1) is 15.5. The standard InChI is InChI=1S/C27H25ClN2O2/c28-22-12-10-21(11-13-22)27(32)14-16-29(17-15-27)26(31)24-19-30(18-20-6-2-1-3-7-20)25-9-5-4-8-23(24)25/h1-13,19,32H,14-18H2. The molecule has 0 bridgehead atoms. The molecule has 1 fully saturated rings. The fourth-order valence-electron chi connectivity index (χ4n) is 4.63. The smallest absolute Gasteiger partial charge is 0.256 e. The lowest BCUT2D eigenvalue weighted by atomic mass is 9.84. The molecule has 2 heterocycles. The molecule has 0 radical (unpaired) electrons. The monoisotopic (exact) mass is 444 g/mol. The van der Waals surface area contributed by atoms with Crippen molar-refractivity contribution in [3.63, 3.8) is 0 Å². The van der Waals surface area contributed by atoms with E-state index >= 15 is 0 Å². The van der Waals surface area contributed by atoms with Gasteiger partial charge >= 0.3 is 0 Å². The van der Waals surface area contributed by atoms with Gasteiger partial charge in [-0.25, -0.2) is 0 Å². The highest BCUT2D eigenvalue weighted by Crippen LogP contribution is 2.34. The largest absolute Gasteiger partial charge is 0.385 e. The summed E-state index contributed by atoms with van der Waals surface area (Å²) in [5, 5.41) is 12.8. The molecule has 1 amide bonds. The number of nitrogens with zero attached hydrogens (tertiary/aromatic N) is 2. The lowest BCUT2D eigenvalue weighted by molar-refractivity contribution is -0.0211. The molecule has 3 aromatic carbocycles. The van der Waals surface area contributed by atoms with Gasteiger partial charge in [-0.2, -0.15) is 0 Å². The van der Waals surface area contributed by atoms with Gasteiger partial charge in [-0.1, -0.05) is 72.3 Å². The number of fused-ring (bicyclic) bond motifs is 1. The third-order valence-electron chi connectivity index (χ3n) is 6.47. The lowest BCUT2D eigenvalue weighted by Crippen LogP contribution is -2.45. The van der Waals surface area contributed by atoms with E-state index in [2.05, 4.69) is 22.8 Å². The van der Waals surface area contributed by atoms with Crippen LogP contribution in [0.5, 0.6) is 0 Å². The number of rotatable bonds is 4. The number of hydrogen-bond donors (Lipinski definition) is 1. The van der Waals surface area contributed by atoms with Crippen molar-refractivity contribution in [1.82, 2.24) is 9.47 Å². The summed E-state index contributed by atoms with van der Waals surface area (Å²) in [6, 6.07) is 25.7. The van der Waals surface area contributed by atoms with Crippen molar-refractivity contribution < 1.29 is 9.90 Å². The Morgan fingerprint density at radius 1 is 0.906 bits per heavy atom. The van der Waals surface area contributed by atoms with Crippen LogP contribution < -0.4 is 0 Å². The number of piperidine rings is 1. The van der Waals surface area contributed by atoms with E-state index in [1.165, 1.54) is 5.56 Å². The Bertz CT molecular complexity index is 1240. The Morgan fingerprint density at radius 2 is 1.56 bits per heavy atom. The molecule has 1 aliphatic heterocycles. The van der Waals surface area contributed by atoms with Crippen LogP contribution in [0.4, 0.5) is 0 Å². The highest BCUT2D eigenvalue weighted by atomic mass is 35.5. The van der Waals surface area contributed by atoms with E-state index in [0.29, 0.717) is 43.1 Å². The van der Waals surface area contributed by atoms with Gasteiger partial charge in [-0.3, -0.25) is 4.79 Å². The Kier molecular flexibility index (Phi) is 5.50. The minimum absolute atomic E-state index is 0.0196. The fourth-order valence-corrected chi connectivity index (χ4v) is 4.75. The van der Waals surface area contributed by atoms with E-state index < -0.39 is 5.60 Å². The second-order valence-electron chi connectivity index (χ2n) is 8.50. The van der Waals surface area contributed by atoms with Crippen molar-refractivity contribution in [2.24, 2.45) is 0 Å². The summed E-state index contributed by atoms with van der Waals surface area (Å²) < 4.78 is 2.14. The average molecular weight is 445 g/mol. The number of hydrogen-bond acceptors (Lipinski definition) is 2. The summed E-state index contributed by atoms with van der Waals surface area (Å²) in [4.78, 5) is 15.3. The van der Waals surface area contributed by atoms with E-state index in [0.717, 1.165) is 16.5 Å². The van der Waals surface area contributed by atoms with Crippen LogP contribution >= 0.6 is 11.6 Å². The molecule has 32 heavy (non-hydrogen) atoms. The summed E-state index contributed by atoms with van der Waals surface area (Å²) in [6.07, 6.45) is 2.98. The van der Waals surface area contributed by atoms with Gasteiger partial charge in [-0.15, -0.1) is 0 Å². The minimum Gasteiger partial charge on any atom is -0.385 e. The zero-order chi connectivity index (χ0) is 22.1. The van der Waals surface area contributed by atoms with Crippen LogP contribution in [0.25, 0.3) is 10.9 Å². The van der Waals surface area contributed by atoms with E-state index in [1.54, 1.807) is 12.1 Å². The van der Waals surface area contributed by atoms with Gasteiger partial charge in [0.15, 0.2) is 0 Å². The third kappa shape index (κ3) is 3.92. The predicted octanol–water partition coefficient (Wildman–Crippen LogP) is 5.47. The Morgan fingerprint density at radius 3 is 2.28 bits per heavy atom. The number of aromatic nitrogens is 1.